The van der Waals surface area contributed by atoms with Crippen LogP contribution in [0.15, 0.2) is 54.9 Å². The average Bonchev–Trinajstić information content (AvgIpc) is 2.68. The molecular weight excluding hydrogens is 345 g/mol. The van der Waals surface area contributed by atoms with E-state index in [1.54, 1.807) is 30.6 Å². The molecule has 2 aromatic heterocycles. The lowest BCUT2D eigenvalue weighted by molar-refractivity contribution is -0.120. The van der Waals surface area contributed by atoms with Gasteiger partial charge in [-0.3, -0.25) is 9.78 Å². The van der Waals surface area contributed by atoms with E-state index in [0.29, 0.717) is 17.1 Å². The minimum atomic E-state index is -0.385. The first-order valence-corrected chi connectivity index (χ1v) is 8.48. The molecule has 1 N–H and O–H groups in total. The van der Waals surface area contributed by atoms with Gasteiger partial charge in [0.05, 0.1) is 18.7 Å². The third kappa shape index (κ3) is 4.84. The summed E-state index contributed by atoms with van der Waals surface area (Å²) in [6, 6.07) is 11.7. The molecule has 0 saturated carbocycles. The van der Waals surface area contributed by atoms with Gasteiger partial charge in [-0.2, -0.15) is 0 Å². The van der Waals surface area contributed by atoms with E-state index in [1.165, 1.54) is 6.07 Å². The third-order valence-corrected chi connectivity index (χ3v) is 3.94. The smallest absolute Gasteiger partial charge is 0.224 e. The molecule has 6 nitrogen and oxygen atoms in total. The zero-order valence-corrected chi connectivity index (χ0v) is 15.2. The Kier molecular flexibility index (Phi) is 5.71. The molecule has 0 radical (unpaired) electrons. The number of carbonyl (C=O) groups excluding carboxylic acids is 1. The second-order valence-corrected chi connectivity index (χ2v) is 6.22. The maximum atomic E-state index is 13.7. The number of carbonyl (C=O) groups is 1. The molecule has 138 valence electrons. The van der Waals surface area contributed by atoms with Crippen molar-refractivity contribution in [3.63, 3.8) is 0 Å². The highest BCUT2D eigenvalue weighted by Crippen LogP contribution is 2.18. The van der Waals surface area contributed by atoms with Crippen molar-refractivity contribution >= 4 is 11.7 Å². The number of benzene rings is 1. The molecule has 27 heavy (non-hydrogen) atoms. The molecule has 2 heterocycles. The molecule has 0 aliphatic heterocycles. The van der Waals surface area contributed by atoms with Crippen LogP contribution in [0.4, 0.5) is 10.2 Å². The molecule has 0 bridgehead atoms. The quantitative estimate of drug-likeness (QED) is 0.727. The Balaban J connectivity index is 1.75. The monoisotopic (exact) mass is 365 g/mol. The predicted octanol–water partition coefficient (Wildman–Crippen LogP) is 2.60. The SMILES string of the molecule is CN(C)c1cc(CNC(=O)Cc2ccccc2F)nc(-c2ccncc2)n1. The maximum absolute atomic E-state index is 13.7. The predicted molar refractivity (Wildman–Crippen MR) is 102 cm³/mol. The molecule has 1 aromatic carbocycles. The minimum absolute atomic E-state index is 0.0183. The van der Waals surface area contributed by atoms with Crippen molar-refractivity contribution < 1.29 is 9.18 Å². The Morgan fingerprint density at radius 2 is 1.85 bits per heavy atom. The summed E-state index contributed by atoms with van der Waals surface area (Å²) in [5, 5.41) is 2.79. The molecule has 3 aromatic rings. The van der Waals surface area contributed by atoms with Crippen molar-refractivity contribution in [3.8, 4) is 11.4 Å². The van der Waals surface area contributed by atoms with E-state index in [2.05, 4.69) is 20.3 Å². The van der Waals surface area contributed by atoms with Gasteiger partial charge in [0.2, 0.25) is 5.91 Å². The molecule has 0 atom stereocenters. The van der Waals surface area contributed by atoms with Gasteiger partial charge in [0.25, 0.3) is 0 Å². The molecular formula is C20H20FN5O. The summed E-state index contributed by atoms with van der Waals surface area (Å²) < 4.78 is 13.7. The van der Waals surface area contributed by atoms with Crippen molar-refractivity contribution in [2.75, 3.05) is 19.0 Å². The van der Waals surface area contributed by atoms with Crippen molar-refractivity contribution in [1.29, 1.82) is 0 Å². The van der Waals surface area contributed by atoms with Crippen molar-refractivity contribution in [2.45, 2.75) is 13.0 Å². The first kappa shape index (κ1) is 18.4. The normalized spacial score (nSPS) is 10.5. The number of rotatable bonds is 6. The lowest BCUT2D eigenvalue weighted by atomic mass is 10.1. The third-order valence-electron chi connectivity index (χ3n) is 3.94. The van der Waals surface area contributed by atoms with Gasteiger partial charge >= 0.3 is 0 Å². The Morgan fingerprint density at radius 1 is 1.11 bits per heavy atom. The summed E-state index contributed by atoms with van der Waals surface area (Å²) in [6.45, 7) is 0.231. The lowest BCUT2D eigenvalue weighted by Crippen LogP contribution is -2.26. The summed E-state index contributed by atoms with van der Waals surface area (Å²) in [6.07, 6.45) is 3.34. The summed E-state index contributed by atoms with van der Waals surface area (Å²) in [4.78, 5) is 27.1. The molecule has 0 fully saturated rings. The highest BCUT2D eigenvalue weighted by atomic mass is 19.1. The average molecular weight is 365 g/mol. The molecule has 0 aliphatic rings. The largest absolute Gasteiger partial charge is 0.363 e. The van der Waals surface area contributed by atoms with Crippen LogP contribution >= 0.6 is 0 Å². The number of hydrogen-bond acceptors (Lipinski definition) is 5. The van der Waals surface area contributed by atoms with Gasteiger partial charge in [0, 0.05) is 38.1 Å². The van der Waals surface area contributed by atoms with E-state index in [4.69, 9.17) is 0 Å². The van der Waals surface area contributed by atoms with Crippen LogP contribution in [-0.4, -0.2) is 35.0 Å². The molecule has 0 spiro atoms. The van der Waals surface area contributed by atoms with E-state index in [-0.39, 0.29) is 24.7 Å². The van der Waals surface area contributed by atoms with Gasteiger partial charge in [-0.25, -0.2) is 14.4 Å². The van der Waals surface area contributed by atoms with Crippen molar-refractivity contribution in [2.24, 2.45) is 0 Å². The molecule has 0 aliphatic carbocycles. The van der Waals surface area contributed by atoms with Crippen LogP contribution in [0.25, 0.3) is 11.4 Å². The number of nitrogens with one attached hydrogen (secondary N) is 1. The standard InChI is InChI=1S/C20H20FN5O/c1-26(2)18-12-16(24-20(25-18)14-7-9-22-10-8-14)13-23-19(27)11-15-5-3-4-6-17(15)21/h3-10,12H,11,13H2,1-2H3,(H,23,27). The van der Waals surface area contributed by atoms with Crippen LogP contribution in [0.5, 0.6) is 0 Å². The van der Waals surface area contributed by atoms with Gasteiger partial charge < -0.3 is 10.2 Å². The number of aromatic nitrogens is 3. The molecule has 0 saturated heterocycles. The fraction of sp³-hybridized carbons (Fsp3) is 0.200. The first-order chi connectivity index (χ1) is 13.0. The van der Waals surface area contributed by atoms with Gasteiger partial charge in [0.1, 0.15) is 11.6 Å². The zero-order chi connectivity index (χ0) is 19.2. The number of nitrogens with zero attached hydrogens (tertiary/aromatic N) is 4. The summed E-state index contributed by atoms with van der Waals surface area (Å²) in [5.74, 6) is 0.636. The zero-order valence-electron chi connectivity index (χ0n) is 15.2. The first-order valence-electron chi connectivity index (χ1n) is 8.48. The second-order valence-electron chi connectivity index (χ2n) is 6.22. The van der Waals surface area contributed by atoms with Gasteiger partial charge in [-0.15, -0.1) is 0 Å². The van der Waals surface area contributed by atoms with Crippen LogP contribution in [0.1, 0.15) is 11.3 Å². The Morgan fingerprint density at radius 3 is 2.56 bits per heavy atom. The van der Waals surface area contributed by atoms with Crippen LogP contribution in [-0.2, 0) is 17.8 Å². The number of hydrogen-bond donors (Lipinski definition) is 1. The molecule has 0 unspecified atom stereocenters. The lowest BCUT2D eigenvalue weighted by Gasteiger charge is -2.14. The van der Waals surface area contributed by atoms with E-state index < -0.39 is 0 Å². The fourth-order valence-corrected chi connectivity index (χ4v) is 2.50. The van der Waals surface area contributed by atoms with Crippen LogP contribution in [0, 0.1) is 5.82 Å². The van der Waals surface area contributed by atoms with Gasteiger partial charge in [-0.05, 0) is 23.8 Å². The van der Waals surface area contributed by atoms with E-state index >= 15 is 0 Å². The van der Waals surface area contributed by atoms with Gasteiger partial charge in [-0.1, -0.05) is 18.2 Å². The number of pyridine rings is 1. The van der Waals surface area contributed by atoms with Crippen molar-refractivity contribution in [3.05, 3.63) is 71.9 Å². The minimum Gasteiger partial charge on any atom is -0.363 e. The molecule has 7 heteroatoms. The van der Waals surface area contributed by atoms with Crippen LogP contribution in [0.3, 0.4) is 0 Å². The number of anilines is 1. The summed E-state index contributed by atoms with van der Waals surface area (Å²) in [5.41, 5.74) is 1.87. The van der Waals surface area contributed by atoms with E-state index in [0.717, 1.165) is 11.4 Å². The van der Waals surface area contributed by atoms with E-state index in [9.17, 15) is 9.18 Å². The molecule has 1 amide bonds. The van der Waals surface area contributed by atoms with E-state index in [1.807, 2.05) is 37.2 Å². The number of amides is 1. The topological polar surface area (TPSA) is 71.0 Å². The highest BCUT2D eigenvalue weighted by molar-refractivity contribution is 5.78. The van der Waals surface area contributed by atoms with Gasteiger partial charge in [0.15, 0.2) is 5.82 Å². The van der Waals surface area contributed by atoms with Crippen LogP contribution in [0.2, 0.25) is 0 Å². The summed E-state index contributed by atoms with van der Waals surface area (Å²) >= 11 is 0. The Bertz CT molecular complexity index is 931. The highest BCUT2D eigenvalue weighted by Gasteiger charge is 2.11. The van der Waals surface area contributed by atoms with Crippen molar-refractivity contribution in [1.82, 2.24) is 20.3 Å². The second kappa shape index (κ2) is 8.35. The maximum Gasteiger partial charge on any atom is 0.224 e. The summed E-state index contributed by atoms with van der Waals surface area (Å²) in [7, 11) is 3.78. The Labute approximate surface area is 157 Å². The Hall–Kier alpha value is -3.35. The van der Waals surface area contributed by atoms with Crippen LogP contribution < -0.4 is 10.2 Å². The number of halogens is 1. The molecule has 3 rings (SSSR count). The fourth-order valence-electron chi connectivity index (χ4n) is 2.50.